The minimum absolute atomic E-state index is 0. The summed E-state index contributed by atoms with van der Waals surface area (Å²) < 4.78 is 0. The zero-order chi connectivity index (χ0) is 42.9. The quantitative estimate of drug-likeness (QED) is 0.204. The maximum atomic E-state index is 8.42. The third kappa shape index (κ3) is 1370000. The van der Waals surface area contributed by atoms with Crippen molar-refractivity contribution in [1.29, 1.82) is 0 Å². The third-order valence-corrected chi connectivity index (χ3v) is 0. The Morgan fingerprint density at radius 2 is 0.122 bits per heavy atom. The summed E-state index contributed by atoms with van der Waals surface area (Å²) in [5.74, 6) is 0. The van der Waals surface area contributed by atoms with Gasteiger partial charge in [0.25, 0.3) is 0 Å². The van der Waals surface area contributed by atoms with E-state index in [9.17, 15) is 0 Å². The van der Waals surface area contributed by atoms with Crippen LogP contribution in [0, 0.1) is 0 Å². The molecule has 0 rings (SSSR count). The summed E-state index contributed by atoms with van der Waals surface area (Å²) in [6.07, 6.45) is 0. The summed E-state index contributed by atoms with van der Waals surface area (Å²) in [7, 11) is -35.0. The van der Waals surface area contributed by atoms with Crippen molar-refractivity contribution in [2.24, 2.45) is 0 Å². The Morgan fingerprint density at radius 3 is 0.122 bits per heavy atom. The number of rotatable bonds is 0. The van der Waals surface area contributed by atoms with Crippen molar-refractivity contribution in [3.8, 4) is 0 Å². The van der Waals surface area contributed by atoms with Gasteiger partial charge in [-0.15, -0.1) is 0 Å². The fraction of sp³-hybridized carbons (Fsp3) is 0. The van der Waals surface area contributed by atoms with Crippen LogP contribution in [0.4, 0.5) is 0 Å². The van der Waals surface area contributed by atoms with E-state index in [1.807, 2.05) is 0 Å². The van der Waals surface area contributed by atoms with Gasteiger partial charge in [-0.05, 0) is 0 Å². The van der Waals surface area contributed by atoms with Crippen LogP contribution < -0.4 is 181 Å². The van der Waals surface area contributed by atoms with Crippen LogP contribution in [-0.2, 0) is 27.7 Å². The minimum atomic E-state index is -2.92. The Hall–Kier alpha value is 0.274. The molecule has 0 spiro atoms. The molecule has 0 aliphatic heterocycles. The van der Waals surface area contributed by atoms with Crippen molar-refractivity contribution in [1.82, 2.24) is 0 Å². The Labute approximate surface area is 314 Å². The van der Waals surface area contributed by atoms with E-state index in [0.717, 1.165) is 0 Å². The maximum Gasteiger partial charge on any atom is 1.00 e. The van der Waals surface area contributed by atoms with Crippen LogP contribution in [0.5, 0.6) is 0 Å². The summed E-state index contributed by atoms with van der Waals surface area (Å²) in [5.41, 5.74) is 0. The molecule has 0 fully saturated rings. The maximum absolute atomic E-state index is 8.42. The first-order valence-corrected chi connectivity index (χ1v) is 8.49. The normalized spacial score (nSPS) is 6.61. The van der Waals surface area contributed by atoms with Crippen molar-refractivity contribution in [2.45, 2.75) is 0 Å². The van der Waals surface area contributed by atoms with Crippen LogP contribution in [0.1, 0.15) is 17.1 Å². The molecule has 0 aliphatic carbocycles. The molecule has 0 bridgehead atoms. The van der Waals surface area contributed by atoms with Gasteiger partial charge in [-0.1, -0.05) is 0 Å². The zero-order valence-electron chi connectivity index (χ0n) is 34.3. The summed E-state index contributed by atoms with van der Waals surface area (Å²) in [4.78, 5) is 0. The van der Waals surface area contributed by atoms with Crippen molar-refractivity contribution < 1.29 is 226 Å². The van der Waals surface area contributed by atoms with Crippen LogP contribution in [0.15, 0.2) is 0 Å². The number of hydrogen-bond acceptors (Lipinski definition) is 36. The molecule has 49 heavy (non-hydrogen) atoms. The van der Waals surface area contributed by atoms with Gasteiger partial charge in [-0.3, -0.25) is 87.9 Å². The molecule has 49 heteroatoms. The van der Waals surface area contributed by atoms with Crippen LogP contribution in [0.2, 0.25) is 0 Å². The van der Waals surface area contributed by atoms with Gasteiger partial charge in [0.15, 0.2) is 0 Å². The second kappa shape index (κ2) is 82.0. The second-order valence-corrected chi connectivity index (χ2v) is 3.46. The van der Waals surface area contributed by atoms with Crippen LogP contribution in [-0.4, -0.2) is 87.9 Å². The van der Waals surface area contributed by atoms with Gasteiger partial charge in [0.2, 0.25) is 0 Å². The Balaban J connectivity index is -0.00000000989. The number of hydrogen-bond donors (Lipinski definition) is 0. The Morgan fingerprint density at radius 1 is 0.122 bits per heavy atom. The van der Waals surface area contributed by atoms with E-state index in [-0.39, 0.29) is 44.8 Å². The molecular formula is H12B12HgO36-24. The van der Waals surface area contributed by atoms with Gasteiger partial charge >= 0.3 is 17.1 Å². The zero-order valence-corrected chi connectivity index (χ0v) is 27.8. The van der Waals surface area contributed by atoms with Gasteiger partial charge in [0.1, 0.15) is 0 Å². The van der Waals surface area contributed by atoms with Crippen molar-refractivity contribution in [3.63, 3.8) is 0 Å². The third-order valence-electron chi connectivity index (χ3n) is 0. The smallest absolute Gasteiger partial charge is 0.907 e. The van der Waals surface area contributed by atoms with Gasteiger partial charge in [0.05, 0.1) is 0 Å². The SMILES string of the molecule is [H+].[H+].[H+].[H+].[H+].[H+].[H+].[H+].[H+].[H+].[H+].[H+].[Hg].[O-]B([O-])[O-].[O-]B([O-])[O-].[O-]B([O-])[O-].[O-]B([O-])[O-].[O-]B([O-])[O-].[O-]B([O-])[O-].[O-]B([O-])[O-].[O-]B([O-])[O-].[O-]B([O-])[O-].[O-]B([O-])[O-].[O-]B([O-])[O-].[O-]B([O-])[O-]. The molecule has 0 amide bonds. The first-order valence-electron chi connectivity index (χ1n) is 8.49. The van der Waals surface area contributed by atoms with Crippen LogP contribution >= 0.6 is 0 Å². The summed E-state index contributed by atoms with van der Waals surface area (Å²) >= 11 is 0. The molecule has 0 unspecified atom stereocenters. The van der Waals surface area contributed by atoms with E-state index < -0.39 is 87.9 Å². The average molecular weight is 918 g/mol. The summed E-state index contributed by atoms with van der Waals surface area (Å²) in [5, 5.41) is 303. The predicted molar refractivity (Wildman–Crippen MR) is 82.4 cm³/mol. The van der Waals surface area contributed by atoms with Gasteiger partial charge in [-0.25, -0.2) is 0 Å². The minimum Gasteiger partial charge on any atom is -0.907 e. The van der Waals surface area contributed by atoms with E-state index in [1.165, 1.54) is 0 Å². The molecule has 0 aromatic carbocycles. The van der Waals surface area contributed by atoms with Crippen LogP contribution in [0.25, 0.3) is 0 Å². The van der Waals surface area contributed by atoms with E-state index in [4.69, 9.17) is 181 Å². The summed E-state index contributed by atoms with van der Waals surface area (Å²) in [6.45, 7) is 0. The molecule has 290 valence electrons. The topological polar surface area (TPSA) is 830 Å². The molecule has 0 saturated carbocycles. The average Bonchev–Trinajstić information content (AvgIpc) is 2.61. The van der Waals surface area contributed by atoms with Crippen LogP contribution in [0.3, 0.4) is 0 Å². The van der Waals surface area contributed by atoms with Crippen molar-refractivity contribution >= 4 is 87.9 Å². The Bertz CT molecular complexity index is 276. The molecular weight excluding hydrogens is 906 g/mol. The molecule has 0 aromatic heterocycles. The molecule has 0 aromatic rings. The first kappa shape index (κ1) is 87.3. The van der Waals surface area contributed by atoms with E-state index in [2.05, 4.69) is 0 Å². The van der Waals surface area contributed by atoms with E-state index >= 15 is 0 Å². The van der Waals surface area contributed by atoms with Gasteiger partial charge in [0, 0.05) is 27.7 Å². The standard InChI is InChI=1S/12BO3.Hg/c12*2-1(3)4;/q12*-3;/p+12. The fourth-order valence-corrected chi connectivity index (χ4v) is 0. The van der Waals surface area contributed by atoms with Crippen molar-refractivity contribution in [3.05, 3.63) is 0 Å². The first-order chi connectivity index (χ1) is 20.8. The Kier molecular flexibility index (Phi) is 146. The predicted octanol–water partition coefficient (Wildman–Crippen LogP) is -46.0. The van der Waals surface area contributed by atoms with Crippen molar-refractivity contribution in [2.75, 3.05) is 0 Å². The molecule has 0 atom stereocenters. The fourth-order valence-electron chi connectivity index (χ4n) is 0. The summed E-state index contributed by atoms with van der Waals surface area (Å²) in [6, 6.07) is 0. The second-order valence-electron chi connectivity index (χ2n) is 3.46. The molecule has 0 N–H and O–H groups in total. The molecule has 36 nitrogen and oxygen atoms in total. The van der Waals surface area contributed by atoms with E-state index in [1.54, 1.807) is 0 Å². The monoisotopic (exact) mass is 922 g/mol. The largest absolute Gasteiger partial charge is 1.00 e. The van der Waals surface area contributed by atoms with Gasteiger partial charge < -0.3 is 181 Å². The molecule has 0 radical (unpaired) electrons. The van der Waals surface area contributed by atoms with E-state index in [0.29, 0.717) is 0 Å². The molecule has 0 heterocycles. The molecule has 0 aliphatic rings. The molecule has 0 saturated heterocycles. The van der Waals surface area contributed by atoms with Gasteiger partial charge in [-0.2, -0.15) is 0 Å².